The maximum Gasteiger partial charge on any atom is 0.262 e. The van der Waals surface area contributed by atoms with E-state index in [1.54, 1.807) is 0 Å². The third-order valence-corrected chi connectivity index (χ3v) is 3.07. The molecular weight excluding hydrogens is 234 g/mol. The molecule has 2 heterocycles. The third kappa shape index (κ3) is 3.00. The Morgan fingerprint density at radius 3 is 2.76 bits per heavy atom. The lowest BCUT2D eigenvalue weighted by Gasteiger charge is -2.02. The van der Waals surface area contributed by atoms with E-state index in [-0.39, 0.29) is 0 Å². The van der Waals surface area contributed by atoms with Crippen molar-refractivity contribution in [3.8, 4) is 0 Å². The molecule has 2 rings (SSSR count). The first-order chi connectivity index (χ1) is 8.19. The molecule has 5 heteroatoms. The van der Waals surface area contributed by atoms with E-state index in [4.69, 9.17) is 4.42 Å². The molecule has 0 bridgehead atoms. The maximum absolute atomic E-state index is 5.51. The lowest BCUT2D eigenvalue weighted by Crippen LogP contribution is -1.98. The van der Waals surface area contributed by atoms with Gasteiger partial charge >= 0.3 is 0 Å². The summed E-state index contributed by atoms with van der Waals surface area (Å²) in [5.74, 6) is 1.73. The average Bonchev–Trinajstić information content (AvgIpc) is 2.59. The summed E-state index contributed by atoms with van der Waals surface area (Å²) >= 11 is 1.43. The Balaban J connectivity index is 2.15. The van der Waals surface area contributed by atoms with Crippen molar-refractivity contribution in [3.05, 3.63) is 29.7 Å². The summed E-state index contributed by atoms with van der Waals surface area (Å²) in [5, 5.41) is 4.69. The van der Waals surface area contributed by atoms with Crippen molar-refractivity contribution >= 4 is 17.6 Å². The topological polar surface area (TPSA) is 51.0 Å². The summed E-state index contributed by atoms with van der Waals surface area (Å²) in [6, 6.07) is 5.86. The number of hydrogen-bond acceptors (Lipinski definition) is 5. The second kappa shape index (κ2) is 5.23. The van der Waals surface area contributed by atoms with E-state index in [0.717, 1.165) is 28.8 Å². The first-order valence-corrected chi connectivity index (χ1v) is 6.33. The molecule has 0 aliphatic carbocycles. The van der Waals surface area contributed by atoms with Gasteiger partial charge in [-0.2, -0.15) is 0 Å². The van der Waals surface area contributed by atoms with Crippen LogP contribution in [0, 0.1) is 13.8 Å². The fraction of sp³-hybridized carbons (Fsp3) is 0.333. The van der Waals surface area contributed by atoms with E-state index in [1.165, 1.54) is 11.8 Å². The zero-order valence-corrected chi connectivity index (χ0v) is 11.0. The van der Waals surface area contributed by atoms with Crippen LogP contribution in [0.15, 0.2) is 32.9 Å². The molecule has 0 spiro atoms. The van der Waals surface area contributed by atoms with Gasteiger partial charge < -0.3 is 9.73 Å². The lowest BCUT2D eigenvalue weighted by atomic mass is 10.4. The second-order valence-corrected chi connectivity index (χ2v) is 4.59. The number of hydrogen-bond donors (Lipinski definition) is 1. The predicted molar refractivity (Wildman–Crippen MR) is 68.5 cm³/mol. The molecule has 2 aromatic rings. The standard InChI is InChI=1S/C12H15N3OS/c1-4-13-10-6-5-7-11(15-10)17-12-14-8(2)9(3)16-12/h5-7H,4H2,1-3H3,(H,13,15). The quantitative estimate of drug-likeness (QED) is 0.901. The van der Waals surface area contributed by atoms with Gasteiger partial charge in [0.05, 0.1) is 5.69 Å². The molecule has 0 saturated heterocycles. The van der Waals surface area contributed by atoms with E-state index in [9.17, 15) is 0 Å². The summed E-state index contributed by atoms with van der Waals surface area (Å²) in [4.78, 5) is 8.77. The lowest BCUT2D eigenvalue weighted by molar-refractivity contribution is 0.431. The summed E-state index contributed by atoms with van der Waals surface area (Å²) < 4.78 is 5.51. The summed E-state index contributed by atoms with van der Waals surface area (Å²) in [6.45, 7) is 6.75. The Morgan fingerprint density at radius 1 is 1.29 bits per heavy atom. The van der Waals surface area contributed by atoms with Gasteiger partial charge in [0.1, 0.15) is 16.6 Å². The molecule has 0 saturated carbocycles. The van der Waals surface area contributed by atoms with Gasteiger partial charge in [0.2, 0.25) is 0 Å². The number of rotatable bonds is 4. The van der Waals surface area contributed by atoms with Gasteiger partial charge in [-0.15, -0.1) is 0 Å². The molecule has 0 aliphatic rings. The van der Waals surface area contributed by atoms with Crippen molar-refractivity contribution in [2.45, 2.75) is 31.0 Å². The smallest absolute Gasteiger partial charge is 0.262 e. The summed E-state index contributed by atoms with van der Waals surface area (Å²) in [7, 11) is 0. The van der Waals surface area contributed by atoms with Crippen molar-refractivity contribution in [1.29, 1.82) is 0 Å². The van der Waals surface area contributed by atoms with Crippen LogP contribution in [0.2, 0.25) is 0 Å². The van der Waals surface area contributed by atoms with Gasteiger partial charge in [-0.1, -0.05) is 6.07 Å². The Kier molecular flexibility index (Phi) is 3.68. The second-order valence-electron chi connectivity index (χ2n) is 3.61. The highest BCUT2D eigenvalue weighted by Crippen LogP contribution is 2.27. The molecule has 2 aromatic heterocycles. The van der Waals surface area contributed by atoms with Gasteiger partial charge in [0.15, 0.2) is 0 Å². The molecule has 0 unspecified atom stereocenters. The van der Waals surface area contributed by atoms with E-state index < -0.39 is 0 Å². The first-order valence-electron chi connectivity index (χ1n) is 5.52. The first kappa shape index (κ1) is 12.0. The number of oxazole rings is 1. The Hall–Kier alpha value is -1.49. The van der Waals surface area contributed by atoms with Crippen LogP contribution in [0.4, 0.5) is 5.82 Å². The highest BCUT2D eigenvalue weighted by molar-refractivity contribution is 7.99. The normalized spacial score (nSPS) is 10.5. The van der Waals surface area contributed by atoms with Crippen molar-refractivity contribution in [1.82, 2.24) is 9.97 Å². The number of aromatic nitrogens is 2. The van der Waals surface area contributed by atoms with Crippen LogP contribution >= 0.6 is 11.8 Å². The molecule has 90 valence electrons. The molecule has 1 N–H and O–H groups in total. The van der Waals surface area contributed by atoms with Crippen molar-refractivity contribution in [2.24, 2.45) is 0 Å². The minimum atomic E-state index is 0.640. The van der Waals surface area contributed by atoms with Crippen molar-refractivity contribution < 1.29 is 4.42 Å². The van der Waals surface area contributed by atoms with Crippen molar-refractivity contribution in [3.63, 3.8) is 0 Å². The van der Waals surface area contributed by atoms with E-state index >= 15 is 0 Å². The summed E-state index contributed by atoms with van der Waals surface area (Å²) in [5.41, 5.74) is 0.926. The fourth-order valence-corrected chi connectivity index (χ4v) is 2.15. The van der Waals surface area contributed by atoms with Gasteiger partial charge in [-0.3, -0.25) is 0 Å². The molecule has 0 amide bonds. The maximum atomic E-state index is 5.51. The zero-order valence-electron chi connectivity index (χ0n) is 10.2. The number of anilines is 1. The van der Waals surface area contributed by atoms with Crippen LogP contribution < -0.4 is 5.32 Å². The van der Waals surface area contributed by atoms with E-state index in [2.05, 4.69) is 15.3 Å². The number of nitrogens with one attached hydrogen (secondary N) is 1. The Labute approximate surface area is 105 Å². The summed E-state index contributed by atoms with van der Waals surface area (Å²) in [6.07, 6.45) is 0. The molecule has 0 aliphatic heterocycles. The average molecular weight is 249 g/mol. The molecule has 4 nitrogen and oxygen atoms in total. The highest BCUT2D eigenvalue weighted by atomic mass is 32.2. The largest absolute Gasteiger partial charge is 0.436 e. The highest BCUT2D eigenvalue weighted by Gasteiger charge is 2.08. The van der Waals surface area contributed by atoms with Crippen LogP contribution in [-0.2, 0) is 0 Å². The van der Waals surface area contributed by atoms with Gasteiger partial charge in [-0.05, 0) is 44.7 Å². The SMILES string of the molecule is CCNc1cccc(Sc2nc(C)c(C)o2)n1. The molecular formula is C12H15N3OS. The Bertz CT molecular complexity index is 491. The molecule has 0 fully saturated rings. The van der Waals surface area contributed by atoms with E-state index in [1.807, 2.05) is 39.0 Å². The van der Waals surface area contributed by atoms with Crippen LogP contribution in [-0.4, -0.2) is 16.5 Å². The van der Waals surface area contributed by atoms with Gasteiger partial charge in [-0.25, -0.2) is 9.97 Å². The van der Waals surface area contributed by atoms with Crippen LogP contribution in [0.5, 0.6) is 0 Å². The van der Waals surface area contributed by atoms with Gasteiger partial charge in [0, 0.05) is 6.54 Å². The number of pyridine rings is 1. The van der Waals surface area contributed by atoms with Gasteiger partial charge in [0.25, 0.3) is 5.22 Å². The van der Waals surface area contributed by atoms with Crippen LogP contribution in [0.1, 0.15) is 18.4 Å². The third-order valence-electron chi connectivity index (χ3n) is 2.28. The van der Waals surface area contributed by atoms with Crippen molar-refractivity contribution in [2.75, 3.05) is 11.9 Å². The molecule has 0 aromatic carbocycles. The minimum Gasteiger partial charge on any atom is -0.436 e. The molecule has 0 atom stereocenters. The van der Waals surface area contributed by atoms with Crippen LogP contribution in [0.3, 0.4) is 0 Å². The monoisotopic (exact) mass is 249 g/mol. The predicted octanol–water partition coefficient (Wildman–Crippen LogP) is 3.27. The van der Waals surface area contributed by atoms with Crippen LogP contribution in [0.25, 0.3) is 0 Å². The zero-order chi connectivity index (χ0) is 12.3. The fourth-order valence-electron chi connectivity index (χ4n) is 1.33. The number of nitrogens with zero attached hydrogens (tertiary/aromatic N) is 2. The number of aryl methyl sites for hydroxylation is 2. The minimum absolute atomic E-state index is 0.640. The molecule has 0 radical (unpaired) electrons. The Morgan fingerprint density at radius 2 is 2.12 bits per heavy atom. The van der Waals surface area contributed by atoms with E-state index in [0.29, 0.717) is 5.22 Å². The molecule has 17 heavy (non-hydrogen) atoms.